The second kappa shape index (κ2) is 11.9. The van der Waals surface area contributed by atoms with Crippen LogP contribution in [0, 0.1) is 46.3 Å². The zero-order valence-corrected chi connectivity index (χ0v) is 24.0. The van der Waals surface area contributed by atoms with Crippen molar-refractivity contribution in [2.75, 3.05) is 6.54 Å². The molecule has 0 radical (unpaired) electrons. The average Bonchev–Trinajstić information content (AvgIpc) is 3.22. The van der Waals surface area contributed by atoms with Crippen LogP contribution in [0.15, 0.2) is 0 Å². The van der Waals surface area contributed by atoms with Gasteiger partial charge in [0.2, 0.25) is 5.91 Å². The molecule has 9 nitrogen and oxygen atoms in total. The van der Waals surface area contributed by atoms with E-state index >= 15 is 0 Å². The zero-order chi connectivity index (χ0) is 28.5. The van der Waals surface area contributed by atoms with Crippen LogP contribution in [-0.2, 0) is 9.59 Å². The first-order valence-corrected chi connectivity index (χ1v) is 15.3. The van der Waals surface area contributed by atoms with Crippen LogP contribution in [-0.4, -0.2) is 58.0 Å². The first-order valence-electron chi connectivity index (χ1n) is 15.3. The van der Waals surface area contributed by atoms with Crippen molar-refractivity contribution in [2.45, 2.75) is 116 Å². The van der Waals surface area contributed by atoms with Crippen molar-refractivity contribution in [3.8, 4) is 0 Å². The maximum absolute atomic E-state index is 12.7. The van der Waals surface area contributed by atoms with Crippen LogP contribution in [0.2, 0.25) is 0 Å². The molecule has 39 heavy (non-hydrogen) atoms. The van der Waals surface area contributed by atoms with Crippen LogP contribution in [0.25, 0.3) is 0 Å². The number of carboxylic acids is 1. The highest BCUT2D eigenvalue weighted by Gasteiger charge is 2.62. The molecule has 4 saturated carbocycles. The first-order chi connectivity index (χ1) is 18.4. The van der Waals surface area contributed by atoms with Gasteiger partial charge in [-0.1, -0.05) is 20.8 Å². The van der Waals surface area contributed by atoms with Gasteiger partial charge in [-0.3, -0.25) is 4.79 Å². The number of aliphatic carboxylic acids is 1. The normalized spacial score (nSPS) is 40.9. The van der Waals surface area contributed by atoms with Crippen molar-refractivity contribution in [3.63, 3.8) is 0 Å². The lowest BCUT2D eigenvalue weighted by molar-refractivity contribution is -0.174. The van der Waals surface area contributed by atoms with Crippen molar-refractivity contribution >= 4 is 17.9 Å². The third-order valence-electron chi connectivity index (χ3n) is 11.8. The summed E-state index contributed by atoms with van der Waals surface area (Å²) < 4.78 is 0. The van der Waals surface area contributed by atoms with Crippen molar-refractivity contribution in [1.29, 1.82) is 0 Å². The van der Waals surface area contributed by atoms with E-state index in [1.807, 2.05) is 0 Å². The molecule has 0 aliphatic heterocycles. The Labute approximate surface area is 233 Å². The molecule has 7 N–H and O–H groups in total. The van der Waals surface area contributed by atoms with E-state index in [9.17, 15) is 29.7 Å². The van der Waals surface area contributed by atoms with Gasteiger partial charge < -0.3 is 31.7 Å². The number of amides is 3. The fourth-order valence-corrected chi connectivity index (χ4v) is 9.78. The predicted octanol–water partition coefficient (Wildman–Crippen LogP) is 3.41. The number of carbonyl (C=O) groups excluding carboxylic acids is 2. The average molecular weight is 550 g/mol. The Hall–Kier alpha value is -1.87. The Morgan fingerprint density at radius 3 is 2.36 bits per heavy atom. The van der Waals surface area contributed by atoms with Crippen LogP contribution in [0.5, 0.6) is 0 Å². The molecule has 4 rings (SSSR count). The first kappa shape index (κ1) is 30.1. The number of rotatable bonds is 10. The summed E-state index contributed by atoms with van der Waals surface area (Å²) >= 11 is 0. The number of nitrogens with one attached hydrogen (secondary N) is 2. The Kier molecular flexibility index (Phi) is 9.21. The maximum atomic E-state index is 12.7. The van der Waals surface area contributed by atoms with E-state index < -0.39 is 18.0 Å². The van der Waals surface area contributed by atoms with Gasteiger partial charge >= 0.3 is 12.0 Å². The molecule has 0 aromatic rings. The molecular formula is C30H51N3O6. The number of hydrogen-bond donors (Lipinski definition) is 6. The van der Waals surface area contributed by atoms with Crippen molar-refractivity contribution in [3.05, 3.63) is 0 Å². The van der Waals surface area contributed by atoms with Gasteiger partial charge in [0, 0.05) is 13.0 Å². The minimum atomic E-state index is -1.08. The number of fused-ring (bicyclic) bond motifs is 5. The smallest absolute Gasteiger partial charge is 0.326 e. The van der Waals surface area contributed by atoms with Gasteiger partial charge in [-0.15, -0.1) is 0 Å². The SMILES string of the molecule is C[C@H](CCC(=O)N[C@@H](CCCNC(N)=O)C(=O)O)[C@H]1CC[C@H]2[C@@H]3[C@@H](O)C[C@@H]4C[C@H](O)CC[C@]4(C)[C@H]3CC[C@]12C. The third kappa shape index (κ3) is 6.09. The molecule has 9 heteroatoms. The quantitative estimate of drug-likeness (QED) is 0.229. The fourth-order valence-electron chi connectivity index (χ4n) is 9.78. The molecule has 4 aliphatic rings. The minimum absolute atomic E-state index is 0.145. The van der Waals surface area contributed by atoms with Gasteiger partial charge in [0.25, 0.3) is 0 Å². The maximum Gasteiger partial charge on any atom is 0.326 e. The topological polar surface area (TPSA) is 162 Å². The lowest BCUT2D eigenvalue weighted by atomic mass is 9.43. The molecule has 11 atom stereocenters. The number of aliphatic hydroxyl groups excluding tert-OH is 2. The van der Waals surface area contributed by atoms with Crippen LogP contribution in [0.3, 0.4) is 0 Å². The largest absolute Gasteiger partial charge is 0.480 e. The Morgan fingerprint density at radius 2 is 1.67 bits per heavy atom. The molecule has 0 unspecified atom stereocenters. The van der Waals surface area contributed by atoms with Crippen LogP contribution >= 0.6 is 0 Å². The summed E-state index contributed by atoms with van der Waals surface area (Å²) in [4.78, 5) is 35.1. The van der Waals surface area contributed by atoms with Crippen molar-refractivity contribution in [2.24, 2.45) is 52.1 Å². The summed E-state index contributed by atoms with van der Waals surface area (Å²) in [5.41, 5.74) is 5.39. The summed E-state index contributed by atoms with van der Waals surface area (Å²) in [7, 11) is 0. The van der Waals surface area contributed by atoms with E-state index in [2.05, 4.69) is 31.4 Å². The molecule has 3 amide bonds. The number of primary amides is 1. The van der Waals surface area contributed by atoms with Gasteiger partial charge in [-0.25, -0.2) is 9.59 Å². The highest BCUT2D eigenvalue weighted by atomic mass is 16.4. The van der Waals surface area contributed by atoms with Crippen molar-refractivity contribution < 1.29 is 29.7 Å². The number of aliphatic hydroxyl groups is 2. The monoisotopic (exact) mass is 549 g/mol. The second-order valence-electron chi connectivity index (χ2n) is 13.9. The highest BCUT2D eigenvalue weighted by molar-refractivity contribution is 5.83. The van der Waals surface area contributed by atoms with E-state index in [-0.39, 0.29) is 41.9 Å². The molecule has 4 fully saturated rings. The molecule has 0 aromatic heterocycles. The van der Waals surface area contributed by atoms with Crippen LogP contribution in [0.1, 0.15) is 97.8 Å². The van der Waals surface area contributed by atoms with E-state index in [0.717, 1.165) is 51.4 Å². The van der Waals surface area contributed by atoms with E-state index in [1.165, 1.54) is 0 Å². The number of urea groups is 1. The van der Waals surface area contributed by atoms with Gasteiger partial charge in [0.15, 0.2) is 0 Å². The zero-order valence-electron chi connectivity index (χ0n) is 24.0. The van der Waals surface area contributed by atoms with E-state index in [0.29, 0.717) is 54.8 Å². The van der Waals surface area contributed by atoms with Gasteiger partial charge in [0.1, 0.15) is 6.04 Å². The number of nitrogens with two attached hydrogens (primary N) is 1. The number of hydrogen-bond acceptors (Lipinski definition) is 5. The van der Waals surface area contributed by atoms with Gasteiger partial charge in [-0.2, -0.15) is 0 Å². The molecule has 0 spiro atoms. The Morgan fingerprint density at radius 1 is 0.974 bits per heavy atom. The molecular weight excluding hydrogens is 498 g/mol. The molecule has 0 aromatic carbocycles. The summed E-state index contributed by atoms with van der Waals surface area (Å²) in [5.74, 6) is 1.23. The summed E-state index contributed by atoms with van der Waals surface area (Å²) in [6, 6.07) is -1.63. The second-order valence-corrected chi connectivity index (χ2v) is 13.9. The molecule has 222 valence electrons. The number of carboxylic acid groups (broad SMARTS) is 1. The van der Waals surface area contributed by atoms with Crippen LogP contribution < -0.4 is 16.4 Å². The Balaban J connectivity index is 1.33. The fraction of sp³-hybridized carbons (Fsp3) is 0.900. The van der Waals surface area contributed by atoms with E-state index in [4.69, 9.17) is 5.73 Å². The molecule has 4 aliphatic carbocycles. The van der Waals surface area contributed by atoms with Gasteiger partial charge in [0.05, 0.1) is 12.2 Å². The predicted molar refractivity (Wildman–Crippen MR) is 147 cm³/mol. The Bertz CT molecular complexity index is 915. The lowest BCUT2D eigenvalue weighted by Crippen LogP contribution is -2.58. The van der Waals surface area contributed by atoms with Gasteiger partial charge in [-0.05, 0) is 117 Å². The molecule has 0 heterocycles. The standard InChI is InChI=1S/C30H51N3O6/c1-17(6-9-25(36)33-23(27(37)38)5-4-14-32-28(31)39)20-7-8-21-26-22(11-13-30(20,21)3)29(2)12-10-19(34)15-18(29)16-24(26)35/h17-24,26,34-35H,4-16H2,1-3H3,(H,33,36)(H,37,38)(H3,31,32,39)/t17-,18+,19-,20-,21+,22+,23+,24+,26+,29+,30-/m1/s1. The third-order valence-corrected chi connectivity index (χ3v) is 11.8. The van der Waals surface area contributed by atoms with Crippen molar-refractivity contribution in [1.82, 2.24) is 10.6 Å². The minimum Gasteiger partial charge on any atom is -0.480 e. The van der Waals surface area contributed by atoms with Crippen LogP contribution in [0.4, 0.5) is 4.79 Å². The summed E-state index contributed by atoms with van der Waals surface area (Å²) in [6.45, 7) is 7.36. The summed E-state index contributed by atoms with van der Waals surface area (Å²) in [5, 5.41) is 36.3. The molecule has 0 bridgehead atoms. The lowest BCUT2D eigenvalue weighted by Gasteiger charge is -2.62. The number of carbonyl (C=O) groups is 3. The summed E-state index contributed by atoms with van der Waals surface area (Å²) in [6.07, 6.45) is 9.21. The van der Waals surface area contributed by atoms with E-state index in [1.54, 1.807) is 0 Å². The highest BCUT2D eigenvalue weighted by Crippen LogP contribution is 2.68. The molecule has 0 saturated heterocycles.